The van der Waals surface area contributed by atoms with Crippen molar-refractivity contribution in [2.45, 2.75) is 38.0 Å². The minimum absolute atomic E-state index is 0.671. The highest BCUT2D eigenvalue weighted by Crippen LogP contribution is 2.37. The molecule has 3 heteroatoms. The van der Waals surface area contributed by atoms with Crippen molar-refractivity contribution < 1.29 is 9.47 Å². The molecule has 2 nitrogen and oxygen atoms in total. The van der Waals surface area contributed by atoms with E-state index < -0.39 is 0 Å². The predicted molar refractivity (Wildman–Crippen MR) is 124 cm³/mol. The van der Waals surface area contributed by atoms with E-state index in [9.17, 15) is 0 Å². The first kappa shape index (κ1) is 21.8. The predicted octanol–water partition coefficient (Wildman–Crippen LogP) is 6.14. The van der Waals surface area contributed by atoms with Gasteiger partial charge in [-0.15, -0.1) is 0 Å². The van der Waals surface area contributed by atoms with Gasteiger partial charge in [-0.25, -0.2) is 0 Å². The summed E-state index contributed by atoms with van der Waals surface area (Å²) in [5.74, 6) is 10.3. The molecule has 0 heterocycles. The maximum absolute atomic E-state index is 5.69. The molecule has 154 valence electrons. The van der Waals surface area contributed by atoms with Gasteiger partial charge in [0.05, 0.1) is 6.61 Å². The van der Waals surface area contributed by atoms with Gasteiger partial charge in [-0.2, -0.15) is 11.8 Å². The van der Waals surface area contributed by atoms with Crippen molar-refractivity contribution in [3.63, 3.8) is 0 Å². The average molecular weight is 409 g/mol. The van der Waals surface area contributed by atoms with Gasteiger partial charge in [-0.05, 0) is 85.1 Å². The third kappa shape index (κ3) is 7.14. The van der Waals surface area contributed by atoms with Crippen LogP contribution < -0.4 is 4.74 Å². The van der Waals surface area contributed by atoms with Gasteiger partial charge < -0.3 is 9.47 Å². The van der Waals surface area contributed by atoms with Gasteiger partial charge in [-0.1, -0.05) is 30.4 Å². The Kier molecular flexibility index (Phi) is 8.99. The van der Waals surface area contributed by atoms with Crippen LogP contribution in [0.2, 0.25) is 0 Å². The van der Waals surface area contributed by atoms with Crippen LogP contribution in [0.3, 0.4) is 0 Å². The SMILES string of the molecule is COCCCOc1ccc(C#Cc2ccc(C3CCCC(CSC)C3)cc2)cc1. The molecular formula is C26H32O2S. The lowest BCUT2D eigenvalue weighted by Crippen LogP contribution is -2.16. The van der Waals surface area contributed by atoms with Crippen LogP contribution in [0.15, 0.2) is 48.5 Å². The molecule has 2 unspecified atom stereocenters. The number of ether oxygens (including phenoxy) is 2. The fourth-order valence-corrected chi connectivity index (χ4v) is 4.77. The van der Waals surface area contributed by atoms with E-state index in [0.29, 0.717) is 6.61 Å². The quantitative estimate of drug-likeness (QED) is 0.386. The van der Waals surface area contributed by atoms with Crippen LogP contribution >= 0.6 is 11.8 Å². The molecule has 0 aromatic heterocycles. The van der Waals surface area contributed by atoms with Gasteiger partial charge >= 0.3 is 0 Å². The third-order valence-electron chi connectivity index (χ3n) is 5.53. The molecule has 0 spiro atoms. The maximum atomic E-state index is 5.69. The first-order chi connectivity index (χ1) is 14.3. The number of benzene rings is 2. The highest BCUT2D eigenvalue weighted by molar-refractivity contribution is 7.98. The van der Waals surface area contributed by atoms with Crippen molar-refractivity contribution in [1.82, 2.24) is 0 Å². The maximum Gasteiger partial charge on any atom is 0.119 e. The largest absolute Gasteiger partial charge is 0.494 e. The van der Waals surface area contributed by atoms with Gasteiger partial charge in [0.15, 0.2) is 0 Å². The molecule has 2 atom stereocenters. The zero-order valence-electron chi connectivity index (χ0n) is 17.7. The van der Waals surface area contributed by atoms with E-state index in [1.165, 1.54) is 37.0 Å². The number of hydrogen-bond acceptors (Lipinski definition) is 3. The molecule has 2 aromatic carbocycles. The molecule has 1 saturated carbocycles. The minimum Gasteiger partial charge on any atom is -0.494 e. The molecule has 0 radical (unpaired) electrons. The van der Waals surface area contributed by atoms with E-state index >= 15 is 0 Å². The van der Waals surface area contributed by atoms with Crippen molar-refractivity contribution in [2.24, 2.45) is 5.92 Å². The van der Waals surface area contributed by atoms with E-state index in [-0.39, 0.29) is 0 Å². The van der Waals surface area contributed by atoms with Crippen LogP contribution in [-0.4, -0.2) is 32.3 Å². The van der Waals surface area contributed by atoms with Gasteiger partial charge in [0.25, 0.3) is 0 Å². The Balaban J connectivity index is 1.54. The summed E-state index contributed by atoms with van der Waals surface area (Å²) in [6, 6.07) is 16.9. The second kappa shape index (κ2) is 12.0. The van der Waals surface area contributed by atoms with Crippen LogP contribution in [0.1, 0.15) is 54.7 Å². The summed E-state index contributed by atoms with van der Waals surface area (Å²) in [7, 11) is 1.71. The van der Waals surface area contributed by atoms with Gasteiger partial charge in [0.2, 0.25) is 0 Å². The van der Waals surface area contributed by atoms with Crippen molar-refractivity contribution >= 4 is 11.8 Å². The molecule has 2 aromatic rings. The lowest BCUT2D eigenvalue weighted by atomic mass is 9.78. The second-order valence-corrected chi connectivity index (χ2v) is 8.69. The first-order valence-electron chi connectivity index (χ1n) is 10.6. The van der Waals surface area contributed by atoms with Crippen LogP contribution in [0, 0.1) is 17.8 Å². The molecule has 3 rings (SSSR count). The zero-order chi connectivity index (χ0) is 20.3. The lowest BCUT2D eigenvalue weighted by Gasteiger charge is -2.29. The molecule has 1 fully saturated rings. The summed E-state index contributed by atoms with van der Waals surface area (Å²) in [5, 5.41) is 0. The van der Waals surface area contributed by atoms with Gasteiger partial charge in [0.1, 0.15) is 5.75 Å². The number of rotatable bonds is 8. The smallest absolute Gasteiger partial charge is 0.119 e. The number of methoxy groups -OCH3 is 1. The topological polar surface area (TPSA) is 18.5 Å². The summed E-state index contributed by atoms with van der Waals surface area (Å²) in [6.07, 6.45) is 8.55. The fraction of sp³-hybridized carbons (Fsp3) is 0.462. The average Bonchev–Trinajstić information content (AvgIpc) is 2.77. The summed E-state index contributed by atoms with van der Waals surface area (Å²) in [6.45, 7) is 1.39. The van der Waals surface area contributed by atoms with Gasteiger partial charge in [0, 0.05) is 31.3 Å². The van der Waals surface area contributed by atoms with Gasteiger partial charge in [-0.3, -0.25) is 0 Å². The number of thioether (sulfide) groups is 1. The lowest BCUT2D eigenvalue weighted by molar-refractivity contribution is 0.172. The minimum atomic E-state index is 0.671. The Morgan fingerprint density at radius 3 is 2.28 bits per heavy atom. The summed E-state index contributed by atoms with van der Waals surface area (Å²) >= 11 is 1.99. The van der Waals surface area contributed by atoms with Crippen molar-refractivity contribution in [3.05, 3.63) is 65.2 Å². The molecule has 0 N–H and O–H groups in total. The standard InChI is InChI=1S/C26H32O2S/c1-27-17-4-18-28-26-15-11-22(12-16-26)8-7-21-9-13-24(14-10-21)25-6-3-5-23(19-25)20-29-2/h9-16,23,25H,3-6,17-20H2,1-2H3. The Bertz CT molecular complexity index is 784. The van der Waals surface area contributed by atoms with Crippen LogP contribution in [0.5, 0.6) is 5.75 Å². The summed E-state index contributed by atoms with van der Waals surface area (Å²) in [4.78, 5) is 0. The molecule has 29 heavy (non-hydrogen) atoms. The normalized spacial score (nSPS) is 18.7. The van der Waals surface area contributed by atoms with Crippen LogP contribution in [0.25, 0.3) is 0 Å². The van der Waals surface area contributed by atoms with E-state index in [2.05, 4.69) is 42.4 Å². The van der Waals surface area contributed by atoms with E-state index in [1.54, 1.807) is 7.11 Å². The highest BCUT2D eigenvalue weighted by Gasteiger charge is 2.22. The Hall–Kier alpha value is -1.89. The first-order valence-corrected chi connectivity index (χ1v) is 12.0. The summed E-state index contributed by atoms with van der Waals surface area (Å²) < 4.78 is 10.7. The van der Waals surface area contributed by atoms with Crippen LogP contribution in [0.4, 0.5) is 0 Å². The number of hydrogen-bond donors (Lipinski definition) is 0. The van der Waals surface area contributed by atoms with Crippen molar-refractivity contribution in [3.8, 4) is 17.6 Å². The zero-order valence-corrected chi connectivity index (χ0v) is 18.5. The van der Waals surface area contributed by atoms with Crippen molar-refractivity contribution in [1.29, 1.82) is 0 Å². The monoisotopic (exact) mass is 408 g/mol. The molecule has 0 amide bonds. The summed E-state index contributed by atoms with van der Waals surface area (Å²) in [5.41, 5.74) is 3.56. The highest BCUT2D eigenvalue weighted by atomic mass is 32.2. The third-order valence-corrected chi connectivity index (χ3v) is 6.34. The van der Waals surface area contributed by atoms with E-state index in [1.807, 2.05) is 36.0 Å². The Morgan fingerprint density at radius 1 is 0.931 bits per heavy atom. The molecule has 0 aliphatic heterocycles. The molecule has 0 bridgehead atoms. The molecule has 0 saturated heterocycles. The van der Waals surface area contributed by atoms with E-state index in [0.717, 1.165) is 41.7 Å². The Labute approximate surface area is 180 Å². The van der Waals surface area contributed by atoms with Crippen molar-refractivity contribution in [2.75, 3.05) is 32.3 Å². The second-order valence-electron chi connectivity index (χ2n) is 7.78. The fourth-order valence-electron chi connectivity index (χ4n) is 3.99. The molecule has 1 aliphatic carbocycles. The Morgan fingerprint density at radius 2 is 1.62 bits per heavy atom. The van der Waals surface area contributed by atoms with E-state index in [4.69, 9.17) is 9.47 Å². The molecular weight excluding hydrogens is 376 g/mol. The molecule has 1 aliphatic rings. The van der Waals surface area contributed by atoms with Crippen LogP contribution in [-0.2, 0) is 4.74 Å².